The molecule has 0 fully saturated rings. The summed E-state index contributed by atoms with van der Waals surface area (Å²) in [6.45, 7) is 0.638. The topological polar surface area (TPSA) is 47.6 Å². The molecule has 0 aliphatic rings. The highest BCUT2D eigenvalue weighted by atomic mass is 32.1. The largest absolute Gasteiger partial charge is 0.493 e. The average molecular weight is 347 g/mol. The number of rotatable bonds is 10. The van der Waals surface area contributed by atoms with Crippen LogP contribution in [0.25, 0.3) is 0 Å². The number of carbonyl (C=O) groups is 1. The lowest BCUT2D eigenvalue weighted by Gasteiger charge is -2.10. The van der Waals surface area contributed by atoms with Crippen LogP contribution < -0.4 is 14.8 Å². The molecule has 130 valence electrons. The van der Waals surface area contributed by atoms with Gasteiger partial charge in [-0.1, -0.05) is 12.1 Å². The number of aryl methyl sites for hydroxylation is 1. The molecule has 1 heterocycles. The zero-order valence-electron chi connectivity index (χ0n) is 14.3. The molecule has 5 heteroatoms. The fraction of sp³-hybridized carbons (Fsp3) is 0.421. The number of hydrogen-bond acceptors (Lipinski definition) is 4. The molecule has 2 rings (SSSR count). The van der Waals surface area contributed by atoms with Gasteiger partial charge in [0.05, 0.1) is 14.2 Å². The monoisotopic (exact) mass is 347 g/mol. The first-order chi connectivity index (χ1) is 11.7. The lowest BCUT2D eigenvalue weighted by atomic mass is 10.1. The Morgan fingerprint density at radius 3 is 2.62 bits per heavy atom. The first-order valence-corrected chi connectivity index (χ1v) is 9.11. The predicted molar refractivity (Wildman–Crippen MR) is 98.1 cm³/mol. The first-order valence-electron chi connectivity index (χ1n) is 8.23. The number of nitrogens with one attached hydrogen (secondary N) is 1. The third-order valence-corrected chi connectivity index (χ3v) is 4.78. The molecule has 1 aromatic carbocycles. The number of methoxy groups -OCH3 is 2. The highest BCUT2D eigenvalue weighted by molar-refractivity contribution is 7.09. The Morgan fingerprint density at radius 1 is 1.08 bits per heavy atom. The Hall–Kier alpha value is -2.01. The molecule has 1 N–H and O–H groups in total. The zero-order valence-corrected chi connectivity index (χ0v) is 15.2. The Balaban J connectivity index is 1.63. The molecule has 0 saturated carbocycles. The van der Waals surface area contributed by atoms with Gasteiger partial charge >= 0.3 is 0 Å². The summed E-state index contributed by atoms with van der Waals surface area (Å²) in [6.07, 6.45) is 4.43. The van der Waals surface area contributed by atoms with E-state index in [1.165, 1.54) is 4.88 Å². The lowest BCUT2D eigenvalue weighted by molar-refractivity contribution is -0.121. The van der Waals surface area contributed by atoms with Crippen LogP contribution in [0.4, 0.5) is 0 Å². The van der Waals surface area contributed by atoms with Crippen molar-refractivity contribution in [2.75, 3.05) is 20.8 Å². The van der Waals surface area contributed by atoms with Crippen LogP contribution in [0.3, 0.4) is 0 Å². The lowest BCUT2D eigenvalue weighted by Crippen LogP contribution is -2.25. The maximum Gasteiger partial charge on any atom is 0.220 e. The van der Waals surface area contributed by atoms with Gasteiger partial charge in [-0.25, -0.2) is 0 Å². The molecule has 0 atom stereocenters. The molecule has 24 heavy (non-hydrogen) atoms. The van der Waals surface area contributed by atoms with Gasteiger partial charge in [0.15, 0.2) is 11.5 Å². The molecule has 0 bridgehead atoms. The number of thiophene rings is 1. The van der Waals surface area contributed by atoms with Crippen LogP contribution in [-0.4, -0.2) is 26.7 Å². The SMILES string of the molecule is COc1ccc(CCNC(=O)CCCCc2cccs2)cc1OC. The van der Waals surface area contributed by atoms with E-state index in [0.717, 1.165) is 42.7 Å². The second-order valence-corrected chi connectivity index (χ2v) is 6.61. The predicted octanol–water partition coefficient (Wildman–Crippen LogP) is 3.84. The van der Waals surface area contributed by atoms with E-state index in [4.69, 9.17) is 9.47 Å². The van der Waals surface area contributed by atoms with Gasteiger partial charge in [-0.3, -0.25) is 4.79 Å². The van der Waals surface area contributed by atoms with E-state index < -0.39 is 0 Å². The molecule has 0 saturated heterocycles. The van der Waals surface area contributed by atoms with Gasteiger partial charge in [0.25, 0.3) is 0 Å². The molecule has 0 radical (unpaired) electrons. The fourth-order valence-electron chi connectivity index (χ4n) is 2.51. The van der Waals surface area contributed by atoms with Crippen molar-refractivity contribution in [3.8, 4) is 11.5 Å². The molecule has 0 unspecified atom stereocenters. The van der Waals surface area contributed by atoms with Crippen LogP contribution in [0.15, 0.2) is 35.7 Å². The normalized spacial score (nSPS) is 10.4. The van der Waals surface area contributed by atoms with Gasteiger partial charge in [-0.05, 0) is 54.8 Å². The Morgan fingerprint density at radius 2 is 1.92 bits per heavy atom. The molecule has 1 amide bonds. The Kier molecular flexibility index (Phi) is 7.62. The van der Waals surface area contributed by atoms with E-state index in [0.29, 0.717) is 13.0 Å². The summed E-state index contributed by atoms with van der Waals surface area (Å²) >= 11 is 1.78. The van der Waals surface area contributed by atoms with Crippen molar-refractivity contribution < 1.29 is 14.3 Å². The molecule has 0 aliphatic heterocycles. The number of amides is 1. The quantitative estimate of drug-likeness (QED) is 0.664. The number of ether oxygens (including phenoxy) is 2. The molecule has 4 nitrogen and oxygen atoms in total. The zero-order chi connectivity index (χ0) is 17.2. The Bertz CT molecular complexity index is 626. The van der Waals surface area contributed by atoms with Crippen molar-refractivity contribution in [3.63, 3.8) is 0 Å². The average Bonchev–Trinajstić information content (AvgIpc) is 3.12. The van der Waals surface area contributed by atoms with Crippen LogP contribution in [0, 0.1) is 0 Å². The second kappa shape index (κ2) is 9.98. The van der Waals surface area contributed by atoms with Gasteiger partial charge in [0.2, 0.25) is 5.91 Å². The van der Waals surface area contributed by atoms with Crippen LogP contribution >= 0.6 is 11.3 Å². The maximum absolute atomic E-state index is 11.9. The minimum absolute atomic E-state index is 0.127. The minimum Gasteiger partial charge on any atom is -0.493 e. The third kappa shape index (κ3) is 5.89. The van der Waals surface area contributed by atoms with Gasteiger partial charge in [-0.2, -0.15) is 0 Å². The summed E-state index contributed by atoms with van der Waals surface area (Å²) in [5, 5.41) is 5.08. The van der Waals surface area contributed by atoms with Crippen molar-refractivity contribution in [1.29, 1.82) is 0 Å². The van der Waals surface area contributed by atoms with Crippen LogP contribution in [-0.2, 0) is 17.6 Å². The van der Waals surface area contributed by atoms with Gasteiger partial charge in [0, 0.05) is 17.8 Å². The Labute approximate surface area is 147 Å². The van der Waals surface area contributed by atoms with E-state index in [1.54, 1.807) is 25.6 Å². The molecular weight excluding hydrogens is 322 g/mol. The molecule has 0 spiro atoms. The summed E-state index contributed by atoms with van der Waals surface area (Å²) in [6, 6.07) is 10.1. The third-order valence-electron chi connectivity index (χ3n) is 3.84. The summed E-state index contributed by atoms with van der Waals surface area (Å²) in [7, 11) is 3.25. The number of carbonyl (C=O) groups excluding carboxylic acids is 1. The molecular formula is C19H25NO3S. The van der Waals surface area contributed by atoms with Crippen molar-refractivity contribution >= 4 is 17.2 Å². The van der Waals surface area contributed by atoms with Crippen LogP contribution in [0.2, 0.25) is 0 Å². The summed E-state index contributed by atoms with van der Waals surface area (Å²) < 4.78 is 10.5. The van der Waals surface area contributed by atoms with Crippen molar-refractivity contribution in [2.24, 2.45) is 0 Å². The summed E-state index contributed by atoms with van der Waals surface area (Å²) in [5.41, 5.74) is 1.12. The summed E-state index contributed by atoms with van der Waals surface area (Å²) in [5.74, 6) is 1.56. The van der Waals surface area contributed by atoms with Crippen molar-refractivity contribution in [1.82, 2.24) is 5.32 Å². The molecule has 1 aromatic heterocycles. The first kappa shape index (κ1) is 18.3. The summed E-state index contributed by atoms with van der Waals surface area (Å²) in [4.78, 5) is 13.3. The van der Waals surface area contributed by atoms with Crippen molar-refractivity contribution in [3.05, 3.63) is 46.2 Å². The number of benzene rings is 1. The standard InChI is InChI=1S/C19H25NO3S/c1-22-17-10-9-15(14-18(17)23-2)11-12-20-19(21)8-4-3-6-16-7-5-13-24-16/h5,7,9-10,13-14H,3-4,6,8,11-12H2,1-2H3,(H,20,21). The maximum atomic E-state index is 11.9. The number of unbranched alkanes of at least 4 members (excludes halogenated alkanes) is 1. The van der Waals surface area contributed by atoms with E-state index in [9.17, 15) is 4.79 Å². The molecule has 0 aliphatic carbocycles. The number of hydrogen-bond donors (Lipinski definition) is 1. The highest BCUT2D eigenvalue weighted by Crippen LogP contribution is 2.27. The minimum atomic E-state index is 0.127. The van der Waals surface area contributed by atoms with Crippen molar-refractivity contribution in [2.45, 2.75) is 32.1 Å². The fourth-order valence-corrected chi connectivity index (χ4v) is 3.26. The van der Waals surface area contributed by atoms with Gasteiger partial charge < -0.3 is 14.8 Å². The second-order valence-electron chi connectivity index (χ2n) is 5.58. The van der Waals surface area contributed by atoms with Gasteiger partial charge in [-0.15, -0.1) is 11.3 Å². The van der Waals surface area contributed by atoms with Crippen LogP contribution in [0.1, 0.15) is 29.7 Å². The smallest absolute Gasteiger partial charge is 0.220 e. The van der Waals surface area contributed by atoms with Crippen LogP contribution in [0.5, 0.6) is 11.5 Å². The van der Waals surface area contributed by atoms with Gasteiger partial charge in [0.1, 0.15) is 0 Å². The molecule has 2 aromatic rings. The highest BCUT2D eigenvalue weighted by Gasteiger charge is 2.05. The van der Waals surface area contributed by atoms with E-state index in [1.807, 2.05) is 18.2 Å². The van der Waals surface area contributed by atoms with E-state index in [2.05, 4.69) is 22.8 Å². The van der Waals surface area contributed by atoms with E-state index >= 15 is 0 Å². The van der Waals surface area contributed by atoms with E-state index in [-0.39, 0.29) is 5.91 Å².